The molecule has 1 atom stereocenters. The van der Waals surface area contributed by atoms with Gasteiger partial charge in [0.25, 0.3) is 5.91 Å². The van der Waals surface area contributed by atoms with Gasteiger partial charge in [0.1, 0.15) is 11.9 Å². The van der Waals surface area contributed by atoms with Gasteiger partial charge in [-0.25, -0.2) is 9.97 Å². The Kier molecular flexibility index (Phi) is 4.01. The first-order valence-electron chi connectivity index (χ1n) is 7.04. The van der Waals surface area contributed by atoms with E-state index in [9.17, 15) is 4.79 Å². The molecule has 5 nitrogen and oxygen atoms in total. The molecule has 0 radical (unpaired) electrons. The molecule has 1 aromatic heterocycles. The lowest BCUT2D eigenvalue weighted by Crippen LogP contribution is -2.33. The van der Waals surface area contributed by atoms with Crippen LogP contribution in [-0.4, -0.2) is 28.5 Å². The molecule has 0 fully saturated rings. The molecule has 2 aromatic rings. The van der Waals surface area contributed by atoms with E-state index in [-0.39, 0.29) is 12.0 Å². The number of para-hydroxylation sites is 1. The van der Waals surface area contributed by atoms with Crippen molar-refractivity contribution in [3.05, 3.63) is 42.2 Å². The second kappa shape index (κ2) is 6.27. The van der Waals surface area contributed by atoms with E-state index in [0.717, 1.165) is 23.3 Å². The molecule has 1 aliphatic heterocycles. The molecule has 1 N–H and O–H groups in total. The summed E-state index contributed by atoms with van der Waals surface area (Å²) in [7, 11) is 0. The summed E-state index contributed by atoms with van der Waals surface area (Å²) in [5.74, 6) is 6.18. The maximum Gasteiger partial charge on any atom is 0.296 e. The van der Waals surface area contributed by atoms with E-state index in [1.54, 1.807) is 25.4 Å². The third-order valence-corrected chi connectivity index (χ3v) is 3.36. The summed E-state index contributed by atoms with van der Waals surface area (Å²) in [4.78, 5) is 19.9. The van der Waals surface area contributed by atoms with Crippen molar-refractivity contribution in [3.8, 4) is 29.0 Å². The minimum absolute atomic E-state index is 0.0949. The van der Waals surface area contributed by atoms with E-state index in [1.807, 2.05) is 18.2 Å². The minimum Gasteiger partial charge on any atom is -0.487 e. The van der Waals surface area contributed by atoms with Gasteiger partial charge in [0.2, 0.25) is 0 Å². The summed E-state index contributed by atoms with van der Waals surface area (Å²) in [6, 6.07) is 7.71. The highest BCUT2D eigenvalue weighted by atomic mass is 16.5. The molecule has 22 heavy (non-hydrogen) atoms. The van der Waals surface area contributed by atoms with Crippen molar-refractivity contribution in [2.75, 3.05) is 6.54 Å². The van der Waals surface area contributed by atoms with Crippen LogP contribution in [0.3, 0.4) is 0 Å². The Morgan fingerprint density at radius 3 is 2.95 bits per heavy atom. The van der Waals surface area contributed by atoms with Gasteiger partial charge in [0.15, 0.2) is 5.82 Å². The molecule has 1 aliphatic rings. The minimum atomic E-state index is -0.284. The van der Waals surface area contributed by atoms with Gasteiger partial charge in [0.05, 0.1) is 12.1 Å². The summed E-state index contributed by atoms with van der Waals surface area (Å²) in [5.41, 5.74) is 1.98. The molecule has 0 bridgehead atoms. The Morgan fingerprint density at radius 1 is 1.36 bits per heavy atom. The monoisotopic (exact) mass is 293 g/mol. The van der Waals surface area contributed by atoms with E-state index in [0.29, 0.717) is 12.4 Å². The van der Waals surface area contributed by atoms with Gasteiger partial charge in [-0.2, -0.15) is 0 Å². The fourth-order valence-corrected chi connectivity index (χ4v) is 2.43. The van der Waals surface area contributed by atoms with Crippen molar-refractivity contribution >= 4 is 5.91 Å². The highest BCUT2D eigenvalue weighted by Crippen LogP contribution is 2.37. The molecule has 0 saturated carbocycles. The van der Waals surface area contributed by atoms with Gasteiger partial charge in [-0.05, 0) is 30.5 Å². The molecular weight excluding hydrogens is 278 g/mol. The molecule has 1 amide bonds. The van der Waals surface area contributed by atoms with Crippen LogP contribution >= 0.6 is 0 Å². The van der Waals surface area contributed by atoms with Crippen molar-refractivity contribution in [3.63, 3.8) is 0 Å². The lowest BCUT2D eigenvalue weighted by atomic mass is 10.1. The van der Waals surface area contributed by atoms with E-state index in [1.165, 1.54) is 0 Å². The topological polar surface area (TPSA) is 64.1 Å². The zero-order chi connectivity index (χ0) is 15.4. The number of amides is 1. The lowest BCUT2D eigenvalue weighted by Gasteiger charge is -2.12. The molecule has 1 unspecified atom stereocenters. The van der Waals surface area contributed by atoms with Crippen LogP contribution in [0.5, 0.6) is 5.75 Å². The fraction of sp³-hybridized carbons (Fsp3) is 0.235. The average molecular weight is 293 g/mol. The molecule has 0 spiro atoms. The lowest BCUT2D eigenvalue weighted by molar-refractivity contribution is -0.116. The summed E-state index contributed by atoms with van der Waals surface area (Å²) in [5, 5.41) is 2.75. The van der Waals surface area contributed by atoms with Crippen LogP contribution < -0.4 is 10.1 Å². The fourth-order valence-electron chi connectivity index (χ4n) is 2.43. The number of fused-ring (bicyclic) bond motifs is 1. The number of ether oxygens (including phenoxy) is 1. The summed E-state index contributed by atoms with van der Waals surface area (Å²) in [6.45, 7) is 2.06. The molecule has 0 aliphatic carbocycles. The number of nitrogens with zero attached hydrogens (tertiary/aromatic N) is 2. The summed E-state index contributed by atoms with van der Waals surface area (Å²) >= 11 is 0. The molecular formula is C17H15N3O2. The standard InChI is InChI=1S/C17H15N3O2/c1-2-5-15(21)20-11-13-10-12-6-3-7-14(16(12)22-13)17-18-8-4-9-19-17/h3-4,6-9,13H,10-11H2,1H3,(H,20,21). The van der Waals surface area contributed by atoms with Crippen LogP contribution in [0.1, 0.15) is 12.5 Å². The Hall–Kier alpha value is -2.87. The number of nitrogens with one attached hydrogen (secondary N) is 1. The first-order valence-corrected chi connectivity index (χ1v) is 7.04. The average Bonchev–Trinajstić information content (AvgIpc) is 2.97. The number of carbonyl (C=O) groups is 1. The van der Waals surface area contributed by atoms with Crippen LogP contribution in [0.25, 0.3) is 11.4 Å². The molecule has 110 valence electrons. The van der Waals surface area contributed by atoms with Crippen LogP contribution in [0.2, 0.25) is 0 Å². The zero-order valence-corrected chi connectivity index (χ0v) is 12.2. The van der Waals surface area contributed by atoms with Gasteiger partial charge in [-0.15, -0.1) is 0 Å². The van der Waals surface area contributed by atoms with Gasteiger partial charge >= 0.3 is 0 Å². The Labute approximate surface area is 128 Å². The quantitative estimate of drug-likeness (QED) is 0.873. The first kappa shape index (κ1) is 14.1. The van der Waals surface area contributed by atoms with Crippen LogP contribution in [-0.2, 0) is 11.2 Å². The smallest absolute Gasteiger partial charge is 0.296 e. The Balaban J connectivity index is 1.76. The Bertz CT molecular complexity index is 747. The van der Waals surface area contributed by atoms with Gasteiger partial charge in [-0.1, -0.05) is 18.1 Å². The van der Waals surface area contributed by atoms with Crippen LogP contribution in [0, 0.1) is 11.8 Å². The number of benzene rings is 1. The number of hydrogen-bond acceptors (Lipinski definition) is 4. The van der Waals surface area contributed by atoms with Gasteiger partial charge in [-0.3, -0.25) is 4.79 Å². The molecule has 5 heteroatoms. The molecule has 1 aromatic carbocycles. The molecule has 2 heterocycles. The third-order valence-electron chi connectivity index (χ3n) is 3.36. The van der Waals surface area contributed by atoms with Crippen molar-refractivity contribution in [2.24, 2.45) is 0 Å². The number of aromatic nitrogens is 2. The predicted octanol–water partition coefficient (Wildman–Crippen LogP) is 1.59. The second-order valence-electron chi connectivity index (χ2n) is 4.90. The van der Waals surface area contributed by atoms with E-state index in [4.69, 9.17) is 4.74 Å². The van der Waals surface area contributed by atoms with E-state index in [2.05, 4.69) is 27.1 Å². The van der Waals surface area contributed by atoms with Crippen molar-refractivity contribution < 1.29 is 9.53 Å². The largest absolute Gasteiger partial charge is 0.487 e. The first-order chi connectivity index (χ1) is 10.8. The maximum absolute atomic E-state index is 11.4. The molecule has 0 saturated heterocycles. The predicted molar refractivity (Wildman–Crippen MR) is 82.0 cm³/mol. The number of rotatable bonds is 3. The zero-order valence-electron chi connectivity index (χ0n) is 12.2. The number of carbonyl (C=O) groups excluding carboxylic acids is 1. The number of hydrogen-bond donors (Lipinski definition) is 1. The highest BCUT2D eigenvalue weighted by molar-refractivity contribution is 5.93. The van der Waals surface area contributed by atoms with Crippen molar-refractivity contribution in [1.82, 2.24) is 15.3 Å². The van der Waals surface area contributed by atoms with E-state index >= 15 is 0 Å². The van der Waals surface area contributed by atoms with E-state index < -0.39 is 0 Å². The van der Waals surface area contributed by atoms with Gasteiger partial charge in [0, 0.05) is 18.8 Å². The normalized spacial score (nSPS) is 15.2. The Morgan fingerprint density at radius 2 is 2.18 bits per heavy atom. The van der Waals surface area contributed by atoms with Crippen LogP contribution in [0.4, 0.5) is 0 Å². The highest BCUT2D eigenvalue weighted by Gasteiger charge is 2.26. The SMILES string of the molecule is CC#CC(=O)NCC1Cc2cccc(-c3ncccn3)c2O1. The van der Waals surface area contributed by atoms with Crippen molar-refractivity contribution in [1.29, 1.82) is 0 Å². The summed E-state index contributed by atoms with van der Waals surface area (Å²) < 4.78 is 5.98. The van der Waals surface area contributed by atoms with Crippen molar-refractivity contribution in [2.45, 2.75) is 19.4 Å². The molecule has 3 rings (SSSR count). The van der Waals surface area contributed by atoms with Gasteiger partial charge < -0.3 is 10.1 Å². The third kappa shape index (κ3) is 2.91. The maximum atomic E-state index is 11.4. The summed E-state index contributed by atoms with van der Waals surface area (Å²) in [6.07, 6.45) is 4.06. The van der Waals surface area contributed by atoms with Crippen LogP contribution in [0.15, 0.2) is 36.7 Å². The second-order valence-corrected chi connectivity index (χ2v) is 4.90.